The molecule has 1 fully saturated rings. The molecule has 1 N–H and O–H groups in total. The second-order valence-electron chi connectivity index (χ2n) is 12.7. The Hall–Kier alpha value is -4.65. The number of carbonyl (C=O) groups excluding carboxylic acids is 2. The molecule has 274 valence electrons. The average Bonchev–Trinajstić information content (AvgIpc) is 3.14. The summed E-state index contributed by atoms with van der Waals surface area (Å²) in [6.07, 6.45) is 4.82. The molecule has 52 heavy (non-hydrogen) atoms. The van der Waals surface area contributed by atoms with Crippen LogP contribution in [0.2, 0.25) is 10.0 Å². The minimum absolute atomic E-state index is 0.0602. The van der Waals surface area contributed by atoms with Crippen LogP contribution in [0.5, 0.6) is 5.75 Å². The van der Waals surface area contributed by atoms with Crippen LogP contribution in [0.15, 0.2) is 95.9 Å². The molecule has 0 aliphatic heterocycles. The van der Waals surface area contributed by atoms with Gasteiger partial charge in [0, 0.05) is 30.6 Å². The van der Waals surface area contributed by atoms with Gasteiger partial charge in [-0.15, -0.1) is 0 Å². The normalized spacial score (nSPS) is 13.9. The quantitative estimate of drug-likeness (QED) is 0.104. The first-order valence-corrected chi connectivity index (χ1v) is 19.1. The number of methoxy groups -OCH3 is 1. The zero-order chi connectivity index (χ0) is 37.4. The third-order valence-electron chi connectivity index (χ3n) is 9.16. The van der Waals surface area contributed by atoms with Gasteiger partial charge in [0.25, 0.3) is 15.7 Å². The maximum atomic E-state index is 14.8. The van der Waals surface area contributed by atoms with E-state index >= 15 is 0 Å². The Morgan fingerprint density at radius 3 is 2.25 bits per heavy atom. The SMILES string of the molecule is COc1ccc(N(CC(=O)N(Cc2ccc(Cl)c(Cl)c2)[C@@H](Cc2ccccc2)C(=O)NC2CCCCC2)S(=O)(=O)c2ccc(C)c([N+](=O)[O-])c2)cc1. The predicted octanol–water partition coefficient (Wildman–Crippen LogP) is 7.50. The summed E-state index contributed by atoms with van der Waals surface area (Å²) in [6, 6.07) is 22.7. The van der Waals surface area contributed by atoms with Crippen molar-refractivity contribution in [3.8, 4) is 5.75 Å². The zero-order valence-corrected chi connectivity index (χ0v) is 31.2. The number of carbonyl (C=O) groups is 2. The van der Waals surface area contributed by atoms with E-state index < -0.39 is 33.4 Å². The molecule has 0 radical (unpaired) electrons. The molecule has 0 aromatic heterocycles. The van der Waals surface area contributed by atoms with E-state index in [9.17, 15) is 28.1 Å². The van der Waals surface area contributed by atoms with Crippen molar-refractivity contribution >= 4 is 56.4 Å². The molecule has 1 aliphatic carbocycles. The van der Waals surface area contributed by atoms with Crippen molar-refractivity contribution in [2.24, 2.45) is 0 Å². The van der Waals surface area contributed by atoms with Gasteiger partial charge in [-0.1, -0.05) is 84.9 Å². The molecule has 1 atom stereocenters. The van der Waals surface area contributed by atoms with Crippen LogP contribution in [0.3, 0.4) is 0 Å². The molecular formula is C38H40Cl2N4O7S. The highest BCUT2D eigenvalue weighted by Crippen LogP contribution is 2.30. The Morgan fingerprint density at radius 2 is 1.62 bits per heavy atom. The number of anilines is 1. The number of rotatable bonds is 14. The van der Waals surface area contributed by atoms with Crippen LogP contribution < -0.4 is 14.4 Å². The highest BCUT2D eigenvalue weighted by molar-refractivity contribution is 7.92. The second kappa shape index (κ2) is 17.2. The number of amides is 2. The molecule has 0 bridgehead atoms. The molecule has 0 spiro atoms. The van der Waals surface area contributed by atoms with Gasteiger partial charge in [-0.05, 0) is 73.4 Å². The predicted molar refractivity (Wildman–Crippen MR) is 201 cm³/mol. The van der Waals surface area contributed by atoms with E-state index in [1.54, 1.807) is 30.3 Å². The molecule has 4 aromatic rings. The van der Waals surface area contributed by atoms with Crippen molar-refractivity contribution in [2.75, 3.05) is 18.0 Å². The van der Waals surface area contributed by atoms with Gasteiger partial charge >= 0.3 is 0 Å². The number of sulfonamides is 1. The Kier molecular flexibility index (Phi) is 12.8. The maximum Gasteiger partial charge on any atom is 0.273 e. The summed E-state index contributed by atoms with van der Waals surface area (Å²) in [5, 5.41) is 15.5. The van der Waals surface area contributed by atoms with Crippen LogP contribution in [-0.2, 0) is 32.6 Å². The topological polar surface area (TPSA) is 139 Å². The lowest BCUT2D eigenvalue weighted by Crippen LogP contribution is -2.55. The smallest absolute Gasteiger partial charge is 0.273 e. The lowest BCUT2D eigenvalue weighted by atomic mass is 9.94. The van der Waals surface area contributed by atoms with Gasteiger partial charge in [0.1, 0.15) is 18.3 Å². The summed E-state index contributed by atoms with van der Waals surface area (Å²) in [7, 11) is -3.12. The number of aryl methyl sites for hydroxylation is 1. The number of hydrogen-bond donors (Lipinski definition) is 1. The van der Waals surface area contributed by atoms with Gasteiger partial charge < -0.3 is 15.0 Å². The van der Waals surface area contributed by atoms with Crippen LogP contribution in [0.1, 0.15) is 48.8 Å². The largest absolute Gasteiger partial charge is 0.497 e. The van der Waals surface area contributed by atoms with Gasteiger partial charge in [0.05, 0.1) is 32.7 Å². The molecule has 4 aromatic carbocycles. The van der Waals surface area contributed by atoms with Crippen molar-refractivity contribution < 1.29 is 27.7 Å². The summed E-state index contributed by atoms with van der Waals surface area (Å²) < 4.78 is 35.0. The monoisotopic (exact) mass is 766 g/mol. The minimum Gasteiger partial charge on any atom is -0.497 e. The van der Waals surface area contributed by atoms with Crippen molar-refractivity contribution in [2.45, 2.75) is 69.0 Å². The molecule has 14 heteroatoms. The Bertz CT molecular complexity index is 2010. The fourth-order valence-electron chi connectivity index (χ4n) is 6.28. The average molecular weight is 768 g/mol. The van der Waals surface area contributed by atoms with Crippen LogP contribution in [-0.4, -0.2) is 55.8 Å². The molecule has 0 heterocycles. The molecule has 1 aliphatic rings. The first kappa shape index (κ1) is 38.6. The van der Waals surface area contributed by atoms with Crippen LogP contribution in [0.4, 0.5) is 11.4 Å². The first-order valence-electron chi connectivity index (χ1n) is 16.9. The zero-order valence-electron chi connectivity index (χ0n) is 28.8. The Morgan fingerprint density at radius 1 is 0.923 bits per heavy atom. The van der Waals surface area contributed by atoms with Crippen molar-refractivity contribution in [1.82, 2.24) is 10.2 Å². The van der Waals surface area contributed by atoms with Crippen molar-refractivity contribution in [3.63, 3.8) is 0 Å². The first-order chi connectivity index (χ1) is 24.9. The lowest BCUT2D eigenvalue weighted by molar-refractivity contribution is -0.385. The maximum absolute atomic E-state index is 14.8. The number of halogens is 2. The highest BCUT2D eigenvalue weighted by Gasteiger charge is 2.36. The molecular weight excluding hydrogens is 727 g/mol. The summed E-state index contributed by atoms with van der Waals surface area (Å²) >= 11 is 12.6. The van der Waals surface area contributed by atoms with Crippen LogP contribution in [0, 0.1) is 17.0 Å². The van der Waals surface area contributed by atoms with E-state index in [4.69, 9.17) is 27.9 Å². The summed E-state index contributed by atoms with van der Waals surface area (Å²) in [6.45, 7) is 0.670. The van der Waals surface area contributed by atoms with Gasteiger partial charge in [-0.25, -0.2) is 8.42 Å². The Balaban J connectivity index is 1.60. The van der Waals surface area contributed by atoms with Gasteiger partial charge in [-0.2, -0.15) is 0 Å². The number of benzene rings is 4. The van der Waals surface area contributed by atoms with E-state index in [0.717, 1.165) is 48.0 Å². The van der Waals surface area contributed by atoms with Crippen LogP contribution in [0.25, 0.3) is 0 Å². The fraction of sp³-hybridized carbons (Fsp3) is 0.316. The summed E-state index contributed by atoms with van der Waals surface area (Å²) in [5.41, 5.74) is 1.37. The lowest BCUT2D eigenvalue weighted by Gasteiger charge is -2.35. The van der Waals surface area contributed by atoms with E-state index in [2.05, 4.69) is 5.32 Å². The summed E-state index contributed by atoms with van der Waals surface area (Å²) in [5.74, 6) is -0.606. The third-order valence-corrected chi connectivity index (χ3v) is 11.7. The van der Waals surface area contributed by atoms with Crippen molar-refractivity contribution in [1.29, 1.82) is 0 Å². The van der Waals surface area contributed by atoms with Gasteiger partial charge in [-0.3, -0.25) is 24.0 Å². The number of nitro benzene ring substituents is 1. The molecule has 5 rings (SSSR count). The number of nitrogens with one attached hydrogen (secondary N) is 1. The van der Waals surface area contributed by atoms with E-state index in [-0.39, 0.29) is 51.8 Å². The molecule has 11 nitrogen and oxygen atoms in total. The molecule has 0 unspecified atom stereocenters. The van der Waals surface area contributed by atoms with E-state index in [1.165, 1.54) is 43.2 Å². The Labute approximate surface area is 313 Å². The number of nitrogens with zero attached hydrogens (tertiary/aromatic N) is 3. The van der Waals surface area contributed by atoms with Crippen molar-refractivity contribution in [3.05, 3.63) is 128 Å². The second-order valence-corrected chi connectivity index (χ2v) is 15.4. The number of hydrogen-bond acceptors (Lipinski definition) is 7. The molecule has 1 saturated carbocycles. The van der Waals surface area contributed by atoms with Gasteiger partial charge in [0.15, 0.2) is 0 Å². The third kappa shape index (κ3) is 9.41. The number of ether oxygens (including phenoxy) is 1. The summed E-state index contributed by atoms with van der Waals surface area (Å²) in [4.78, 5) is 41.2. The van der Waals surface area contributed by atoms with Gasteiger partial charge in [0.2, 0.25) is 11.8 Å². The van der Waals surface area contributed by atoms with E-state index in [0.29, 0.717) is 16.3 Å². The van der Waals surface area contributed by atoms with Crippen LogP contribution >= 0.6 is 23.2 Å². The number of nitro groups is 1. The van der Waals surface area contributed by atoms with E-state index in [1.807, 2.05) is 30.3 Å². The fourth-order valence-corrected chi connectivity index (χ4v) is 8.04. The highest BCUT2D eigenvalue weighted by atomic mass is 35.5. The molecule has 2 amide bonds. The minimum atomic E-state index is -4.59. The standard InChI is InChI=1S/C38H40Cl2N4O7S/c1-26-13-19-32(23-35(26)44(47)48)52(49,50)43(30-15-17-31(51-2)18-16-30)25-37(45)42(24-28-14-20-33(39)34(40)21-28)36(22-27-9-5-3-6-10-27)38(46)41-29-11-7-4-8-12-29/h3,5-6,9-10,13-21,23,29,36H,4,7-8,11-12,22,24-25H2,1-2H3,(H,41,46)/t36-/m0/s1. The molecule has 0 saturated heterocycles.